The number of alkyl halides is 2. The van der Waals surface area contributed by atoms with E-state index >= 15 is 0 Å². The Bertz CT molecular complexity index is 455. The van der Waals surface area contributed by atoms with E-state index in [2.05, 4.69) is 0 Å². The van der Waals surface area contributed by atoms with E-state index < -0.39 is 13.0 Å². The Morgan fingerprint density at radius 3 is 2.47 bits per heavy atom. The molecule has 0 aliphatic carbocycles. The number of aliphatic hydroxyl groups is 1. The molecule has 1 aromatic rings. The van der Waals surface area contributed by atoms with Gasteiger partial charge in [0.2, 0.25) is 0 Å². The van der Waals surface area contributed by atoms with E-state index in [1.165, 1.54) is 29.2 Å². The largest absolute Gasteiger partial charge is 0.395 e. The molecule has 1 rings (SSSR count). The first-order valence-electron chi connectivity index (χ1n) is 5.71. The van der Waals surface area contributed by atoms with Crippen LogP contribution in [0.25, 0.3) is 0 Å². The fourth-order valence-corrected chi connectivity index (χ4v) is 1.60. The lowest BCUT2D eigenvalue weighted by Gasteiger charge is -2.19. The van der Waals surface area contributed by atoms with Crippen LogP contribution in [0, 0.1) is 11.3 Å². The van der Waals surface area contributed by atoms with E-state index in [4.69, 9.17) is 10.4 Å². The summed E-state index contributed by atoms with van der Waals surface area (Å²) in [6.45, 7) is -1.00. The van der Waals surface area contributed by atoms with Gasteiger partial charge < -0.3 is 5.11 Å². The second kappa shape index (κ2) is 7.56. The number of nitrogens with zero attached hydrogens (tertiary/aromatic N) is 2. The molecule has 0 fully saturated rings. The number of ketones is 1. The molecule has 0 aliphatic rings. The van der Waals surface area contributed by atoms with Crippen molar-refractivity contribution in [2.45, 2.75) is 6.43 Å². The number of halogens is 2. The fourth-order valence-electron chi connectivity index (χ4n) is 1.60. The number of carbonyl (C=O) groups is 1. The van der Waals surface area contributed by atoms with Crippen LogP contribution >= 0.6 is 0 Å². The van der Waals surface area contributed by atoms with Gasteiger partial charge in [-0.2, -0.15) is 5.26 Å². The number of carbonyl (C=O) groups excluding carboxylic acids is 1. The summed E-state index contributed by atoms with van der Waals surface area (Å²) < 4.78 is 24.6. The highest BCUT2D eigenvalue weighted by Gasteiger charge is 2.16. The summed E-state index contributed by atoms with van der Waals surface area (Å²) in [7, 11) is 0. The van der Waals surface area contributed by atoms with Gasteiger partial charge >= 0.3 is 0 Å². The van der Waals surface area contributed by atoms with Crippen LogP contribution in [0.5, 0.6) is 0 Å². The van der Waals surface area contributed by atoms with Crippen LogP contribution in [0.15, 0.2) is 24.3 Å². The van der Waals surface area contributed by atoms with Crippen molar-refractivity contribution in [2.24, 2.45) is 0 Å². The molecule has 0 heterocycles. The molecule has 6 heteroatoms. The van der Waals surface area contributed by atoms with E-state index in [0.29, 0.717) is 11.1 Å². The quantitative estimate of drug-likeness (QED) is 0.757. The maximum Gasteiger partial charge on any atom is 0.251 e. The molecule has 102 valence electrons. The molecule has 1 aromatic carbocycles. The minimum absolute atomic E-state index is 0.0202. The van der Waals surface area contributed by atoms with Crippen LogP contribution in [0.4, 0.5) is 8.78 Å². The molecule has 0 radical (unpaired) electrons. The van der Waals surface area contributed by atoms with Gasteiger partial charge in [0.1, 0.15) is 0 Å². The van der Waals surface area contributed by atoms with Crippen molar-refractivity contribution in [3.63, 3.8) is 0 Å². The number of nitriles is 1. The Balaban J connectivity index is 2.67. The zero-order valence-corrected chi connectivity index (χ0v) is 10.2. The first-order valence-corrected chi connectivity index (χ1v) is 5.71. The smallest absolute Gasteiger partial charge is 0.251 e. The minimum atomic E-state index is -2.56. The highest BCUT2D eigenvalue weighted by Crippen LogP contribution is 2.06. The van der Waals surface area contributed by atoms with Gasteiger partial charge in [-0.05, 0) is 12.1 Å². The number of hydrogen-bond acceptors (Lipinski definition) is 4. The molecule has 0 saturated heterocycles. The number of rotatable bonds is 7. The van der Waals surface area contributed by atoms with Gasteiger partial charge in [-0.1, -0.05) is 12.1 Å². The maximum atomic E-state index is 12.3. The Hall–Kier alpha value is -1.84. The summed E-state index contributed by atoms with van der Waals surface area (Å²) in [4.78, 5) is 13.1. The Labute approximate surface area is 109 Å². The average molecular weight is 268 g/mol. The lowest BCUT2D eigenvalue weighted by atomic mass is 10.1. The Morgan fingerprint density at radius 2 is 2.00 bits per heavy atom. The van der Waals surface area contributed by atoms with Crippen LogP contribution in [-0.2, 0) is 0 Å². The summed E-state index contributed by atoms with van der Waals surface area (Å²) in [6, 6.07) is 7.89. The summed E-state index contributed by atoms with van der Waals surface area (Å²) >= 11 is 0. The molecule has 19 heavy (non-hydrogen) atoms. The third kappa shape index (κ3) is 5.12. The molecular formula is C13H14F2N2O2. The Morgan fingerprint density at radius 1 is 1.37 bits per heavy atom. The van der Waals surface area contributed by atoms with Crippen molar-refractivity contribution in [3.05, 3.63) is 35.4 Å². The van der Waals surface area contributed by atoms with Crippen LogP contribution in [0.1, 0.15) is 15.9 Å². The SMILES string of the molecule is N#Cc1ccc(C(=O)CN(CCO)CC(F)F)cc1. The van der Waals surface area contributed by atoms with E-state index in [1.54, 1.807) is 0 Å². The van der Waals surface area contributed by atoms with Gasteiger partial charge in [-0.25, -0.2) is 8.78 Å². The number of benzene rings is 1. The molecule has 1 N–H and O–H groups in total. The maximum absolute atomic E-state index is 12.3. The fraction of sp³-hybridized carbons (Fsp3) is 0.385. The topological polar surface area (TPSA) is 64.3 Å². The average Bonchev–Trinajstić information content (AvgIpc) is 2.38. The van der Waals surface area contributed by atoms with Gasteiger partial charge in [0.15, 0.2) is 5.78 Å². The van der Waals surface area contributed by atoms with Crippen molar-refractivity contribution in [2.75, 3.05) is 26.2 Å². The van der Waals surface area contributed by atoms with Gasteiger partial charge in [0.05, 0.1) is 31.3 Å². The molecule has 0 aliphatic heterocycles. The van der Waals surface area contributed by atoms with Crippen LogP contribution < -0.4 is 0 Å². The monoisotopic (exact) mass is 268 g/mol. The van der Waals surface area contributed by atoms with Crippen LogP contribution in [-0.4, -0.2) is 48.5 Å². The van der Waals surface area contributed by atoms with Crippen molar-refractivity contribution in [1.82, 2.24) is 4.90 Å². The Kier molecular flexibility index (Phi) is 6.06. The predicted molar refractivity (Wildman–Crippen MR) is 65.0 cm³/mol. The van der Waals surface area contributed by atoms with E-state index in [9.17, 15) is 13.6 Å². The first-order chi connectivity index (χ1) is 9.06. The normalized spacial score (nSPS) is 10.7. The number of Topliss-reactive ketones (excluding diaryl/α,β-unsaturated/α-hetero) is 1. The van der Waals surface area contributed by atoms with Crippen molar-refractivity contribution < 1.29 is 18.7 Å². The molecule has 0 aromatic heterocycles. The molecule has 0 amide bonds. The van der Waals surface area contributed by atoms with Crippen molar-refractivity contribution >= 4 is 5.78 Å². The number of aliphatic hydroxyl groups excluding tert-OH is 1. The lowest BCUT2D eigenvalue weighted by Crippen LogP contribution is -2.36. The number of hydrogen-bond donors (Lipinski definition) is 1. The van der Waals surface area contributed by atoms with Gasteiger partial charge in [-0.15, -0.1) is 0 Å². The van der Waals surface area contributed by atoms with E-state index in [1.807, 2.05) is 6.07 Å². The molecule has 4 nitrogen and oxygen atoms in total. The second-order valence-corrected chi connectivity index (χ2v) is 3.96. The van der Waals surface area contributed by atoms with Crippen LogP contribution in [0.3, 0.4) is 0 Å². The zero-order valence-electron chi connectivity index (χ0n) is 10.2. The molecular weight excluding hydrogens is 254 g/mol. The van der Waals surface area contributed by atoms with Crippen LogP contribution in [0.2, 0.25) is 0 Å². The first kappa shape index (κ1) is 15.2. The summed E-state index contributed by atoms with van der Waals surface area (Å²) in [5.74, 6) is -0.321. The van der Waals surface area contributed by atoms with E-state index in [0.717, 1.165) is 0 Å². The summed E-state index contributed by atoms with van der Waals surface area (Å²) in [5, 5.41) is 17.4. The lowest BCUT2D eigenvalue weighted by molar-refractivity contribution is 0.0689. The molecule has 0 unspecified atom stereocenters. The highest BCUT2D eigenvalue weighted by atomic mass is 19.3. The third-order valence-corrected chi connectivity index (χ3v) is 2.52. The standard InChI is InChI=1S/C13H14F2N2O2/c14-13(15)9-17(5-6-18)8-12(19)11-3-1-10(7-16)2-4-11/h1-4,13,18H,5-6,8-9H2. The zero-order chi connectivity index (χ0) is 14.3. The van der Waals surface area contributed by atoms with Crippen molar-refractivity contribution in [1.29, 1.82) is 5.26 Å². The minimum Gasteiger partial charge on any atom is -0.395 e. The summed E-state index contributed by atoms with van der Waals surface area (Å²) in [6.07, 6.45) is -2.56. The van der Waals surface area contributed by atoms with Gasteiger partial charge in [-0.3, -0.25) is 9.69 Å². The molecule has 0 bridgehead atoms. The second-order valence-electron chi connectivity index (χ2n) is 3.96. The van der Waals surface area contributed by atoms with Crippen molar-refractivity contribution in [3.8, 4) is 6.07 Å². The molecule has 0 spiro atoms. The van der Waals surface area contributed by atoms with Gasteiger partial charge in [0.25, 0.3) is 6.43 Å². The highest BCUT2D eigenvalue weighted by molar-refractivity contribution is 5.97. The molecule has 0 atom stereocenters. The summed E-state index contributed by atoms with van der Waals surface area (Å²) in [5.41, 5.74) is 0.785. The third-order valence-electron chi connectivity index (χ3n) is 2.52. The predicted octanol–water partition coefficient (Wildman–Crippen LogP) is 1.30. The molecule has 0 saturated carbocycles. The van der Waals surface area contributed by atoms with E-state index in [-0.39, 0.29) is 25.5 Å². The van der Waals surface area contributed by atoms with Gasteiger partial charge in [0, 0.05) is 12.1 Å².